The highest BCUT2D eigenvalue weighted by Crippen LogP contribution is 2.64. The number of ketones is 1. The fraction of sp³-hybridized carbons (Fsp3) is 0.717. The van der Waals surface area contributed by atoms with Crippen LogP contribution in [0.1, 0.15) is 343 Å². The number of hydrogen-bond acceptors (Lipinski definition) is 2. The lowest BCUT2D eigenvalue weighted by Gasteiger charge is -2.44. The fourth-order valence-electron chi connectivity index (χ4n) is 28.2. The monoisotopic (exact) mass is 1560 g/mol. The van der Waals surface area contributed by atoms with Crippen molar-refractivity contribution in [1.29, 1.82) is 0 Å². The highest BCUT2D eigenvalue weighted by molar-refractivity contribution is 5.93. The number of aldehydes is 1. The standard InChI is InChI=1S/2C30H46.C29H42O.C24H36O/c2*1-20-18-23(4)24(5)27(19-20)14-13-26-8-7-17-30(6)28(15-16-29(26)30)22(3)10-9-21(2)25-11-12-25;1-19-17-21(3)22(4)25(18-19)12-9-23-7-6-16-29(5)26(13-14-27(23)29)20(2)8-15-28(30)24-10-11-24;1-16-13-17(2)19(4)21(14-16)9-8-20-7-6-12-24(5)22(18(3)15-25)10-11-23(20)24/h2*9-10,13-14,20-23,25,28-29H,5,7-8,11-12,15-19H2,1-4,6H3;8-9,12,15,19-21,24,26-27H,4,6-7,10-11,13-14,16-18H2,1-3,5H3;8-9,15-18,22-23H,4,6-7,10-14H2,1-3,5H3/b2*10-9+,26-13+,27-14+;15-8+,23-9+,25-12+;20-8+,21-9+/t20-,21+,22?,23-,28+,29-,30+;20-,21-,22+,23-,28+,29-,30+;19-,20+,21-,26+,27-,29+;16-,17-,18+,22+,23-,24+/m0000/s1. The molecular weight excluding hydrogens is 1390 g/mol. The van der Waals surface area contributed by atoms with Crippen LogP contribution in [-0.4, -0.2) is 12.1 Å². The number of fused-ring (bicyclic) bond motifs is 4. The molecule has 15 aliphatic carbocycles. The van der Waals surface area contributed by atoms with Crippen LogP contribution in [0.15, 0.2) is 178 Å². The summed E-state index contributed by atoms with van der Waals surface area (Å²) in [5.41, 5.74) is 20.1. The summed E-state index contributed by atoms with van der Waals surface area (Å²) in [5, 5.41) is 0. The summed E-state index contributed by atoms with van der Waals surface area (Å²) in [4.78, 5) is 23.5. The van der Waals surface area contributed by atoms with Gasteiger partial charge in [-0.3, -0.25) is 4.79 Å². The zero-order valence-corrected chi connectivity index (χ0v) is 77.3. The van der Waals surface area contributed by atoms with Crippen LogP contribution >= 0.6 is 0 Å². The van der Waals surface area contributed by atoms with Gasteiger partial charge in [0.15, 0.2) is 5.78 Å². The van der Waals surface area contributed by atoms with E-state index < -0.39 is 0 Å². The largest absolute Gasteiger partial charge is 0.303 e. The minimum absolute atomic E-state index is 0.201. The van der Waals surface area contributed by atoms with E-state index in [4.69, 9.17) is 0 Å². The van der Waals surface area contributed by atoms with E-state index in [-0.39, 0.29) is 5.92 Å². The van der Waals surface area contributed by atoms with Crippen molar-refractivity contribution in [3.63, 3.8) is 0 Å². The molecule has 0 spiro atoms. The van der Waals surface area contributed by atoms with Crippen LogP contribution in [0.25, 0.3) is 0 Å². The molecule has 0 aromatic carbocycles. The second-order valence-corrected chi connectivity index (χ2v) is 44.8. The smallest absolute Gasteiger partial charge is 0.158 e. The second kappa shape index (κ2) is 38.7. The molecule has 15 saturated carbocycles. The second-order valence-electron chi connectivity index (χ2n) is 44.8. The van der Waals surface area contributed by atoms with Crippen molar-refractivity contribution < 1.29 is 9.59 Å². The van der Waals surface area contributed by atoms with Crippen LogP contribution in [0.5, 0.6) is 0 Å². The van der Waals surface area contributed by atoms with Gasteiger partial charge in [-0.25, -0.2) is 0 Å². The molecule has 0 N–H and O–H groups in total. The molecule has 15 fully saturated rings. The normalized spacial score (nSPS) is 42.0. The summed E-state index contributed by atoms with van der Waals surface area (Å²) in [6, 6.07) is 0. The van der Waals surface area contributed by atoms with Crippen LogP contribution in [-0.2, 0) is 9.59 Å². The summed E-state index contributed by atoms with van der Waals surface area (Å²) in [6.45, 7) is 61.2. The Morgan fingerprint density at radius 1 is 0.330 bits per heavy atom. The molecule has 0 bridgehead atoms. The first-order valence-corrected chi connectivity index (χ1v) is 49.1. The Labute approximate surface area is 708 Å². The van der Waals surface area contributed by atoms with Gasteiger partial charge in [-0.05, 0) is 427 Å². The molecule has 0 aliphatic heterocycles. The highest BCUT2D eigenvalue weighted by atomic mass is 16.1. The molecule has 1 unspecified atom stereocenters. The molecule has 26 atom stereocenters. The summed E-state index contributed by atoms with van der Waals surface area (Å²) >= 11 is 0. The van der Waals surface area contributed by atoms with Crippen LogP contribution < -0.4 is 0 Å². The van der Waals surface area contributed by atoms with Gasteiger partial charge in [0.1, 0.15) is 6.29 Å². The van der Waals surface area contributed by atoms with E-state index in [0.717, 1.165) is 102 Å². The molecule has 0 radical (unpaired) electrons. The van der Waals surface area contributed by atoms with Crippen molar-refractivity contribution in [3.8, 4) is 0 Å². The molecule has 0 aromatic rings. The van der Waals surface area contributed by atoms with Crippen molar-refractivity contribution in [3.05, 3.63) is 178 Å². The average Bonchev–Trinajstić information content (AvgIpc) is 1.63. The van der Waals surface area contributed by atoms with E-state index in [1.807, 2.05) is 6.08 Å². The van der Waals surface area contributed by atoms with E-state index in [1.54, 1.807) is 22.3 Å². The fourth-order valence-corrected chi connectivity index (χ4v) is 28.2. The Hall–Kier alpha value is -4.56. The van der Waals surface area contributed by atoms with Gasteiger partial charge in [0.05, 0.1) is 0 Å². The Morgan fingerprint density at radius 2 is 0.583 bits per heavy atom. The molecule has 115 heavy (non-hydrogen) atoms. The first-order chi connectivity index (χ1) is 54.7. The topological polar surface area (TPSA) is 34.1 Å². The summed E-state index contributed by atoms with van der Waals surface area (Å²) in [7, 11) is 0. The quantitative estimate of drug-likeness (QED) is 0.0779. The maximum Gasteiger partial charge on any atom is 0.158 e. The molecule has 15 rings (SSSR count). The molecule has 0 amide bonds. The molecule has 0 saturated heterocycles. The number of carbonyl (C=O) groups excluding carboxylic acids is 2. The van der Waals surface area contributed by atoms with E-state index in [9.17, 15) is 9.59 Å². The number of carbonyl (C=O) groups is 2. The van der Waals surface area contributed by atoms with Gasteiger partial charge < -0.3 is 4.79 Å². The first-order valence-electron chi connectivity index (χ1n) is 49.1. The Balaban J connectivity index is 0.000000142. The van der Waals surface area contributed by atoms with Crippen molar-refractivity contribution in [2.45, 2.75) is 343 Å². The zero-order chi connectivity index (χ0) is 82.6. The van der Waals surface area contributed by atoms with E-state index in [1.165, 1.54) is 256 Å². The van der Waals surface area contributed by atoms with Crippen molar-refractivity contribution >= 4 is 12.1 Å². The summed E-state index contributed by atoms with van der Waals surface area (Å²) in [6.07, 6.45) is 80.2. The maximum atomic E-state index is 12.1. The molecule has 0 heterocycles. The third-order valence-electron chi connectivity index (χ3n) is 35.9. The van der Waals surface area contributed by atoms with Crippen LogP contribution in [0.2, 0.25) is 0 Å². The Kier molecular flexibility index (Phi) is 30.2. The summed E-state index contributed by atoms with van der Waals surface area (Å²) < 4.78 is 0. The van der Waals surface area contributed by atoms with Crippen LogP contribution in [0, 0.1) is 170 Å². The van der Waals surface area contributed by atoms with E-state index in [0.29, 0.717) is 80.7 Å². The van der Waals surface area contributed by atoms with Crippen LogP contribution in [0.3, 0.4) is 0 Å². The maximum absolute atomic E-state index is 12.1. The van der Waals surface area contributed by atoms with Gasteiger partial charge in [-0.15, -0.1) is 0 Å². The van der Waals surface area contributed by atoms with Gasteiger partial charge in [-0.2, -0.15) is 0 Å². The highest BCUT2D eigenvalue weighted by Gasteiger charge is 2.55. The molecule has 634 valence electrons. The number of rotatable bonds is 18. The molecular formula is C113H170O2. The number of hydrogen-bond donors (Lipinski definition) is 0. The predicted octanol–water partition coefficient (Wildman–Crippen LogP) is 32.2. The third-order valence-corrected chi connectivity index (χ3v) is 35.9. The predicted molar refractivity (Wildman–Crippen MR) is 496 cm³/mol. The van der Waals surface area contributed by atoms with Crippen molar-refractivity contribution in [2.75, 3.05) is 0 Å². The van der Waals surface area contributed by atoms with Gasteiger partial charge in [0, 0.05) is 11.8 Å². The van der Waals surface area contributed by atoms with E-state index >= 15 is 0 Å². The lowest BCUT2D eigenvalue weighted by Crippen LogP contribution is -2.36. The molecule has 2 nitrogen and oxygen atoms in total. The number of allylic oxidation sites excluding steroid dienone is 26. The van der Waals surface area contributed by atoms with Gasteiger partial charge in [0.25, 0.3) is 0 Å². The Morgan fingerprint density at radius 3 is 0.835 bits per heavy atom. The Bertz CT molecular complexity index is 3680. The average molecular weight is 1560 g/mol. The van der Waals surface area contributed by atoms with Gasteiger partial charge >= 0.3 is 0 Å². The molecule has 0 aromatic heterocycles. The summed E-state index contributed by atoms with van der Waals surface area (Å²) in [5.74, 6) is 18.1. The van der Waals surface area contributed by atoms with Crippen molar-refractivity contribution in [1.82, 2.24) is 0 Å². The van der Waals surface area contributed by atoms with Crippen molar-refractivity contribution in [2.24, 2.45) is 170 Å². The minimum Gasteiger partial charge on any atom is -0.303 e. The van der Waals surface area contributed by atoms with Crippen LogP contribution in [0.4, 0.5) is 0 Å². The first kappa shape index (κ1) is 89.7. The lowest BCUT2D eigenvalue weighted by atomic mass is 9.61. The van der Waals surface area contributed by atoms with Gasteiger partial charge in [-0.1, -0.05) is 252 Å². The molecule has 15 aliphatic rings. The zero-order valence-electron chi connectivity index (χ0n) is 77.3. The van der Waals surface area contributed by atoms with Gasteiger partial charge in [0.2, 0.25) is 0 Å². The lowest BCUT2D eigenvalue weighted by molar-refractivity contribution is -0.115. The minimum atomic E-state index is 0.201. The molecule has 2 heteroatoms. The van der Waals surface area contributed by atoms with E-state index in [2.05, 4.69) is 230 Å². The third kappa shape index (κ3) is 21.0. The SMILES string of the molecule is C=C1/C(=C/C=C2\CCC[C@]3(C)[C@@H](C(C)/C=C/[C@@H](C)C4CC4)CC[C@@H]23)C[C@@H](C)C[C@@H]1C.C=C1/C(=C/C=C2\CCC[C@]3(C)[C@@H]([C@H](C)/C=C/C(=O)C4CC4)CC[C@@H]23)C[C@@H](C)C[C@@H]1C.C=C1/C(=C/C=C2\CCC[C@]3(C)[C@@H]([C@H](C)/C=C/[C@H](C)C4CC4)CC[C@@H]23)C[C@@H](C)C[C@@H]1C.C=C1/C(=C/C=C2\CCC[C@]3(C)[C@@H]([C@H](C)C=O)CC[C@@H]23)C[C@@H](C)C[C@@H]1C.